The molecule has 0 unspecified atom stereocenters. The summed E-state index contributed by atoms with van der Waals surface area (Å²) < 4.78 is 0.718. The molecule has 1 atom stereocenters. The number of amides is 2. The summed E-state index contributed by atoms with van der Waals surface area (Å²) in [6.07, 6.45) is 1.27. The third-order valence-corrected chi connectivity index (χ3v) is 5.43. The summed E-state index contributed by atoms with van der Waals surface area (Å²) in [7, 11) is 0. The van der Waals surface area contributed by atoms with E-state index in [1.54, 1.807) is 66.7 Å². The molecule has 1 heterocycles. The van der Waals surface area contributed by atoms with Crippen molar-refractivity contribution < 1.29 is 14.7 Å². The summed E-state index contributed by atoms with van der Waals surface area (Å²) >= 11 is 3.30. The Bertz CT molecular complexity index is 1450. The SMILES string of the molecule is O=C(N[C@@H](C(=O)N/N=C/c1cc(Br)ccc1O)c1n[nH]c(=O)c2ccccc12)c1ccccc1. The normalized spacial score (nSPS) is 11.9. The first kappa shape index (κ1) is 22.9. The number of carbonyl (C=O) groups excluding carboxylic acids is 2. The van der Waals surface area contributed by atoms with Crippen molar-refractivity contribution >= 4 is 44.7 Å². The van der Waals surface area contributed by atoms with Crippen molar-refractivity contribution in [2.45, 2.75) is 6.04 Å². The number of nitrogens with one attached hydrogen (secondary N) is 3. The molecule has 3 aromatic carbocycles. The van der Waals surface area contributed by atoms with Crippen molar-refractivity contribution in [3.63, 3.8) is 0 Å². The second-order valence-corrected chi connectivity index (χ2v) is 8.11. The molecular weight excluding hydrogens is 502 g/mol. The molecule has 10 heteroatoms. The molecule has 0 aliphatic rings. The molecule has 0 saturated heterocycles. The van der Waals surface area contributed by atoms with Crippen LogP contribution in [0.3, 0.4) is 0 Å². The molecule has 34 heavy (non-hydrogen) atoms. The van der Waals surface area contributed by atoms with E-state index in [0.29, 0.717) is 21.9 Å². The average molecular weight is 520 g/mol. The first-order valence-electron chi connectivity index (χ1n) is 10.1. The molecule has 170 valence electrons. The number of nitrogens with zero attached hydrogens (tertiary/aromatic N) is 2. The highest BCUT2D eigenvalue weighted by Crippen LogP contribution is 2.21. The maximum absolute atomic E-state index is 13.1. The minimum absolute atomic E-state index is 0.0246. The fourth-order valence-corrected chi connectivity index (χ4v) is 3.66. The van der Waals surface area contributed by atoms with Crippen LogP contribution < -0.4 is 16.3 Å². The van der Waals surface area contributed by atoms with E-state index in [4.69, 9.17) is 0 Å². The molecule has 4 aromatic rings. The van der Waals surface area contributed by atoms with Gasteiger partial charge in [0.2, 0.25) is 0 Å². The zero-order chi connectivity index (χ0) is 24.1. The quantitative estimate of drug-likeness (QED) is 0.229. The van der Waals surface area contributed by atoms with Crippen LogP contribution in [0.1, 0.15) is 27.7 Å². The number of hydrogen-bond donors (Lipinski definition) is 4. The van der Waals surface area contributed by atoms with E-state index < -0.39 is 23.4 Å². The van der Waals surface area contributed by atoms with E-state index in [1.165, 1.54) is 12.3 Å². The number of aromatic nitrogens is 2. The first-order chi connectivity index (χ1) is 16.4. The highest BCUT2D eigenvalue weighted by molar-refractivity contribution is 9.10. The van der Waals surface area contributed by atoms with Gasteiger partial charge in [-0.1, -0.05) is 52.3 Å². The molecule has 0 aliphatic heterocycles. The summed E-state index contributed by atoms with van der Waals surface area (Å²) in [5.74, 6) is -1.23. The number of rotatable bonds is 6. The van der Waals surface area contributed by atoms with Gasteiger partial charge in [0.25, 0.3) is 17.4 Å². The molecule has 2 amide bonds. The van der Waals surface area contributed by atoms with Crippen molar-refractivity contribution in [2.75, 3.05) is 0 Å². The molecule has 0 bridgehead atoms. The fraction of sp³-hybridized carbons (Fsp3) is 0.0417. The second kappa shape index (κ2) is 10.1. The Hall–Kier alpha value is -4.31. The zero-order valence-corrected chi connectivity index (χ0v) is 19.1. The number of benzene rings is 3. The van der Waals surface area contributed by atoms with Crippen LogP contribution in [0.5, 0.6) is 5.75 Å². The summed E-state index contributed by atoms with van der Waals surface area (Å²) in [5.41, 5.74) is 2.81. The molecular formula is C24H18BrN5O4. The Kier molecular flexibility index (Phi) is 6.79. The van der Waals surface area contributed by atoms with Crippen molar-refractivity contribution in [1.29, 1.82) is 0 Å². The molecule has 0 spiro atoms. The largest absolute Gasteiger partial charge is 0.507 e. The third-order valence-electron chi connectivity index (χ3n) is 4.94. The highest BCUT2D eigenvalue weighted by Gasteiger charge is 2.27. The second-order valence-electron chi connectivity index (χ2n) is 7.19. The summed E-state index contributed by atoms with van der Waals surface area (Å²) in [4.78, 5) is 38.2. The van der Waals surface area contributed by atoms with Crippen molar-refractivity contribution in [1.82, 2.24) is 20.9 Å². The number of aromatic amines is 1. The summed E-state index contributed by atoms with van der Waals surface area (Å²) in [5, 5.41) is 23.7. The van der Waals surface area contributed by atoms with Crippen LogP contribution in [0.25, 0.3) is 10.8 Å². The Morgan fingerprint density at radius 2 is 1.74 bits per heavy atom. The van der Waals surface area contributed by atoms with Gasteiger partial charge in [-0.15, -0.1) is 0 Å². The molecule has 0 saturated carbocycles. The predicted octanol–water partition coefficient (Wildman–Crippen LogP) is 3.01. The maximum Gasteiger partial charge on any atom is 0.272 e. The van der Waals surface area contributed by atoms with E-state index in [0.717, 1.165) is 4.47 Å². The minimum atomic E-state index is -1.28. The van der Waals surface area contributed by atoms with Gasteiger partial charge >= 0.3 is 0 Å². The number of H-pyrrole nitrogens is 1. The molecule has 0 radical (unpaired) electrons. The lowest BCUT2D eigenvalue weighted by Gasteiger charge is -2.18. The lowest BCUT2D eigenvalue weighted by Crippen LogP contribution is -2.40. The molecule has 0 fully saturated rings. The Balaban J connectivity index is 1.68. The van der Waals surface area contributed by atoms with Gasteiger partial charge in [-0.05, 0) is 36.4 Å². The Morgan fingerprint density at radius 1 is 1.03 bits per heavy atom. The lowest BCUT2D eigenvalue weighted by molar-refractivity contribution is -0.123. The molecule has 4 rings (SSSR count). The molecule has 4 N–H and O–H groups in total. The van der Waals surface area contributed by atoms with E-state index in [1.807, 2.05) is 0 Å². The van der Waals surface area contributed by atoms with Crippen LogP contribution >= 0.6 is 15.9 Å². The van der Waals surface area contributed by atoms with Gasteiger partial charge in [-0.2, -0.15) is 10.2 Å². The van der Waals surface area contributed by atoms with Gasteiger partial charge in [-0.25, -0.2) is 10.5 Å². The zero-order valence-electron chi connectivity index (χ0n) is 17.5. The summed E-state index contributed by atoms with van der Waals surface area (Å²) in [6, 6.07) is 18.5. The Morgan fingerprint density at radius 3 is 2.50 bits per heavy atom. The first-order valence-corrected chi connectivity index (χ1v) is 10.9. The van der Waals surface area contributed by atoms with Gasteiger partial charge in [0.15, 0.2) is 6.04 Å². The molecule has 1 aromatic heterocycles. The smallest absolute Gasteiger partial charge is 0.272 e. The van der Waals surface area contributed by atoms with Crippen LogP contribution in [-0.2, 0) is 4.79 Å². The van der Waals surface area contributed by atoms with Crippen molar-refractivity contribution in [3.8, 4) is 5.75 Å². The summed E-state index contributed by atoms with van der Waals surface area (Å²) in [6.45, 7) is 0. The van der Waals surface area contributed by atoms with Gasteiger partial charge in [0.1, 0.15) is 11.4 Å². The van der Waals surface area contributed by atoms with Gasteiger partial charge in [-0.3, -0.25) is 14.4 Å². The number of phenols is 1. The van der Waals surface area contributed by atoms with Crippen molar-refractivity contribution in [3.05, 3.63) is 104 Å². The standard InChI is InChI=1S/C24H18BrN5O4/c25-16-10-11-19(31)15(12-16)13-26-29-24(34)21(27-22(32)14-6-2-1-3-7-14)20-17-8-4-5-9-18(17)23(33)30-28-20/h1-13,21,31H,(H,27,32)(H,29,34)(H,30,33)/b26-13+/t21-/m1/s1. The number of hydrazone groups is 1. The van der Waals surface area contributed by atoms with Crippen LogP contribution in [0.2, 0.25) is 0 Å². The fourth-order valence-electron chi connectivity index (χ4n) is 3.28. The van der Waals surface area contributed by atoms with Crippen molar-refractivity contribution in [2.24, 2.45) is 5.10 Å². The number of carbonyl (C=O) groups is 2. The molecule has 0 aliphatic carbocycles. The number of hydrogen-bond acceptors (Lipinski definition) is 6. The highest BCUT2D eigenvalue weighted by atomic mass is 79.9. The number of aromatic hydroxyl groups is 1. The van der Waals surface area contributed by atoms with E-state index in [9.17, 15) is 19.5 Å². The topological polar surface area (TPSA) is 137 Å². The number of fused-ring (bicyclic) bond motifs is 1. The predicted molar refractivity (Wildman–Crippen MR) is 131 cm³/mol. The van der Waals surface area contributed by atoms with Gasteiger partial charge in [0, 0.05) is 21.0 Å². The van der Waals surface area contributed by atoms with E-state index in [2.05, 4.69) is 42.0 Å². The minimum Gasteiger partial charge on any atom is -0.507 e. The molecule has 9 nitrogen and oxygen atoms in total. The number of phenolic OH excluding ortho intramolecular Hbond substituents is 1. The van der Waals surface area contributed by atoms with Gasteiger partial charge in [0.05, 0.1) is 11.6 Å². The van der Waals surface area contributed by atoms with E-state index >= 15 is 0 Å². The average Bonchev–Trinajstić information content (AvgIpc) is 2.85. The van der Waals surface area contributed by atoms with E-state index in [-0.39, 0.29) is 11.4 Å². The number of halogens is 1. The lowest BCUT2D eigenvalue weighted by atomic mass is 10.0. The van der Waals surface area contributed by atoms with Crippen LogP contribution in [-0.4, -0.2) is 33.3 Å². The van der Waals surface area contributed by atoms with Crippen LogP contribution in [0.15, 0.2) is 87.2 Å². The van der Waals surface area contributed by atoms with Crippen LogP contribution in [0.4, 0.5) is 0 Å². The third kappa shape index (κ3) is 5.02. The maximum atomic E-state index is 13.1. The monoisotopic (exact) mass is 519 g/mol. The van der Waals surface area contributed by atoms with Gasteiger partial charge < -0.3 is 10.4 Å². The van der Waals surface area contributed by atoms with Crippen LogP contribution in [0, 0.1) is 0 Å². The Labute approximate surface area is 201 Å².